The van der Waals surface area contributed by atoms with Gasteiger partial charge in [-0.3, -0.25) is 9.59 Å². The smallest absolute Gasteiger partial charge is 0.254 e. The highest BCUT2D eigenvalue weighted by Gasteiger charge is 2.50. The molecule has 168 valence electrons. The van der Waals surface area contributed by atoms with Crippen molar-refractivity contribution in [2.45, 2.75) is 45.8 Å². The van der Waals surface area contributed by atoms with Crippen molar-refractivity contribution in [1.82, 2.24) is 15.1 Å². The van der Waals surface area contributed by atoms with Crippen LogP contribution in [0.4, 0.5) is 4.39 Å². The molecule has 4 rings (SSSR count). The van der Waals surface area contributed by atoms with Crippen LogP contribution in [-0.4, -0.2) is 46.3 Å². The van der Waals surface area contributed by atoms with Gasteiger partial charge in [0, 0.05) is 30.9 Å². The summed E-state index contributed by atoms with van der Waals surface area (Å²) in [5.74, 6) is -0.584. The van der Waals surface area contributed by atoms with Crippen LogP contribution in [0.25, 0.3) is 0 Å². The maximum Gasteiger partial charge on any atom is 0.254 e. The van der Waals surface area contributed by atoms with E-state index in [2.05, 4.69) is 19.2 Å². The van der Waals surface area contributed by atoms with Crippen LogP contribution in [0.5, 0.6) is 0 Å². The Labute approximate surface area is 188 Å². The zero-order valence-corrected chi connectivity index (χ0v) is 19.1. The van der Waals surface area contributed by atoms with Gasteiger partial charge in [0.15, 0.2) is 0 Å². The number of benzene rings is 2. The van der Waals surface area contributed by atoms with E-state index >= 15 is 0 Å². The number of nitrogens with zero attached hydrogens (tertiary/aromatic N) is 2. The number of hydrogen-bond donors (Lipinski definition) is 1. The molecular formula is C26H30FN3O2. The third-order valence-electron chi connectivity index (χ3n) is 6.48. The lowest BCUT2D eigenvalue weighted by atomic mass is 9.90. The second kappa shape index (κ2) is 8.41. The Hall–Kier alpha value is -3.15. The zero-order chi connectivity index (χ0) is 23.0. The highest BCUT2D eigenvalue weighted by atomic mass is 19.1. The Morgan fingerprint density at radius 3 is 2.41 bits per heavy atom. The molecule has 2 heterocycles. The Bertz CT molecular complexity index is 1040. The van der Waals surface area contributed by atoms with E-state index in [4.69, 9.17) is 0 Å². The van der Waals surface area contributed by atoms with Crippen molar-refractivity contribution in [3.05, 3.63) is 82.8 Å². The molecule has 1 atom stereocenters. The molecule has 2 aliphatic heterocycles. The summed E-state index contributed by atoms with van der Waals surface area (Å²) in [6.45, 7) is 9.68. The molecular weight excluding hydrogens is 405 g/mol. The van der Waals surface area contributed by atoms with Crippen molar-refractivity contribution in [2.75, 3.05) is 13.1 Å². The lowest BCUT2D eigenvalue weighted by molar-refractivity contribution is -0.130. The van der Waals surface area contributed by atoms with Gasteiger partial charge in [-0.05, 0) is 49.6 Å². The number of nitrogens with one attached hydrogen (secondary N) is 1. The van der Waals surface area contributed by atoms with Crippen LogP contribution >= 0.6 is 0 Å². The van der Waals surface area contributed by atoms with Crippen molar-refractivity contribution in [3.63, 3.8) is 0 Å². The summed E-state index contributed by atoms with van der Waals surface area (Å²) in [7, 11) is 0. The first-order chi connectivity index (χ1) is 15.2. The molecule has 2 aromatic rings. The van der Waals surface area contributed by atoms with Crippen molar-refractivity contribution < 1.29 is 14.0 Å². The number of rotatable bonds is 4. The molecule has 0 saturated heterocycles. The molecule has 5 nitrogen and oxygen atoms in total. The summed E-state index contributed by atoms with van der Waals surface area (Å²) in [6, 6.07) is 15.2. The molecule has 0 spiro atoms. The van der Waals surface area contributed by atoms with E-state index < -0.39 is 5.54 Å². The van der Waals surface area contributed by atoms with Gasteiger partial charge in [0.1, 0.15) is 5.82 Å². The Balaban J connectivity index is 1.72. The van der Waals surface area contributed by atoms with Gasteiger partial charge < -0.3 is 15.1 Å². The van der Waals surface area contributed by atoms with Gasteiger partial charge in [-0.2, -0.15) is 0 Å². The minimum absolute atomic E-state index is 0.0284. The van der Waals surface area contributed by atoms with Gasteiger partial charge in [0.25, 0.3) is 11.8 Å². The van der Waals surface area contributed by atoms with Crippen LogP contribution in [0.2, 0.25) is 0 Å². The average Bonchev–Trinajstić information content (AvgIpc) is 2.92. The first kappa shape index (κ1) is 22.1. The van der Waals surface area contributed by atoms with Crippen molar-refractivity contribution in [3.8, 4) is 0 Å². The minimum atomic E-state index is -0.523. The van der Waals surface area contributed by atoms with E-state index in [1.807, 2.05) is 49.1 Å². The summed E-state index contributed by atoms with van der Waals surface area (Å²) in [5.41, 5.74) is 2.52. The molecule has 0 fully saturated rings. The number of carbonyl (C=O) groups excluding carboxylic acids is 2. The second-order valence-corrected chi connectivity index (χ2v) is 9.35. The average molecular weight is 436 g/mol. The van der Waals surface area contributed by atoms with Crippen LogP contribution in [0.15, 0.2) is 65.9 Å². The number of hydrogen-bond acceptors (Lipinski definition) is 3. The molecule has 6 heteroatoms. The van der Waals surface area contributed by atoms with Gasteiger partial charge in [-0.1, -0.05) is 44.2 Å². The van der Waals surface area contributed by atoms with E-state index in [0.717, 1.165) is 11.3 Å². The molecule has 1 unspecified atom stereocenters. The summed E-state index contributed by atoms with van der Waals surface area (Å²) in [4.78, 5) is 30.9. The third-order valence-corrected chi connectivity index (χ3v) is 6.48. The Kier molecular flexibility index (Phi) is 5.80. The second-order valence-electron chi connectivity index (χ2n) is 9.35. The molecule has 2 aliphatic rings. The number of amides is 2. The summed E-state index contributed by atoms with van der Waals surface area (Å²) >= 11 is 0. The van der Waals surface area contributed by atoms with Crippen molar-refractivity contribution in [1.29, 1.82) is 0 Å². The molecule has 32 heavy (non-hydrogen) atoms. The van der Waals surface area contributed by atoms with Gasteiger partial charge in [0.2, 0.25) is 0 Å². The summed E-state index contributed by atoms with van der Waals surface area (Å²) < 4.78 is 13.4. The van der Waals surface area contributed by atoms with Crippen molar-refractivity contribution in [2.24, 2.45) is 5.92 Å². The van der Waals surface area contributed by atoms with Gasteiger partial charge in [0.05, 0.1) is 17.2 Å². The first-order valence-corrected chi connectivity index (χ1v) is 11.1. The Morgan fingerprint density at radius 1 is 1.12 bits per heavy atom. The monoisotopic (exact) mass is 435 g/mol. The largest absolute Gasteiger partial charge is 0.384 e. The van der Waals surface area contributed by atoms with Gasteiger partial charge >= 0.3 is 0 Å². The van der Waals surface area contributed by atoms with Crippen molar-refractivity contribution >= 4 is 11.8 Å². The first-order valence-electron chi connectivity index (χ1n) is 11.1. The third kappa shape index (κ3) is 3.78. The highest BCUT2D eigenvalue weighted by Crippen LogP contribution is 2.40. The molecule has 0 bridgehead atoms. The van der Waals surface area contributed by atoms with E-state index in [1.54, 1.807) is 4.90 Å². The van der Waals surface area contributed by atoms with E-state index in [-0.39, 0.29) is 29.6 Å². The van der Waals surface area contributed by atoms with Gasteiger partial charge in [-0.25, -0.2) is 4.39 Å². The molecule has 0 aliphatic carbocycles. The maximum absolute atomic E-state index is 13.8. The Morgan fingerprint density at radius 2 is 1.78 bits per heavy atom. The highest BCUT2D eigenvalue weighted by molar-refractivity contribution is 6.02. The quantitative estimate of drug-likeness (QED) is 0.791. The zero-order valence-electron chi connectivity index (χ0n) is 19.1. The normalized spacial score (nSPS) is 20.3. The maximum atomic E-state index is 13.8. The fourth-order valence-electron chi connectivity index (χ4n) is 4.87. The number of halogens is 1. The SMILES string of the molecule is CC(C)C1C2=C(NCCN1C(=O)c1ccc(F)cc1)C(C)(C)N(Cc1ccccc1)C2=O. The predicted molar refractivity (Wildman–Crippen MR) is 122 cm³/mol. The summed E-state index contributed by atoms with van der Waals surface area (Å²) in [6.07, 6.45) is 0. The summed E-state index contributed by atoms with van der Waals surface area (Å²) in [5, 5.41) is 3.47. The molecule has 1 N–H and O–H groups in total. The molecule has 0 radical (unpaired) electrons. The molecule has 0 aromatic heterocycles. The topological polar surface area (TPSA) is 52.7 Å². The fourth-order valence-corrected chi connectivity index (χ4v) is 4.87. The van der Waals surface area contributed by atoms with Crippen LogP contribution in [0, 0.1) is 11.7 Å². The lowest BCUT2D eigenvalue weighted by Gasteiger charge is -2.36. The standard InChI is InChI=1S/C26H30FN3O2/c1-17(2)22-21-23(26(3,4)30(25(21)32)16-18-8-6-5-7-9-18)28-14-15-29(22)24(31)19-10-12-20(27)13-11-19/h5-13,17,22,28H,14-16H2,1-4H3. The molecule has 2 aromatic carbocycles. The van der Waals surface area contributed by atoms with E-state index in [9.17, 15) is 14.0 Å². The van der Waals surface area contributed by atoms with Crippen LogP contribution in [0.1, 0.15) is 43.6 Å². The molecule has 2 amide bonds. The van der Waals surface area contributed by atoms with Gasteiger partial charge in [-0.15, -0.1) is 0 Å². The van der Waals surface area contributed by atoms with Crippen LogP contribution in [0.3, 0.4) is 0 Å². The molecule has 0 saturated carbocycles. The fraction of sp³-hybridized carbons (Fsp3) is 0.385. The lowest BCUT2D eigenvalue weighted by Crippen LogP contribution is -2.50. The minimum Gasteiger partial charge on any atom is -0.384 e. The van der Waals surface area contributed by atoms with Crippen LogP contribution < -0.4 is 5.32 Å². The number of carbonyl (C=O) groups is 2. The van der Waals surface area contributed by atoms with E-state index in [1.165, 1.54) is 24.3 Å². The van der Waals surface area contributed by atoms with E-state index in [0.29, 0.717) is 30.8 Å². The predicted octanol–water partition coefficient (Wildman–Crippen LogP) is 3.97. The van der Waals surface area contributed by atoms with Crippen LogP contribution in [-0.2, 0) is 11.3 Å².